The predicted octanol–water partition coefficient (Wildman–Crippen LogP) is 6.13. The summed E-state index contributed by atoms with van der Waals surface area (Å²) < 4.78 is 5.17. The summed E-state index contributed by atoms with van der Waals surface area (Å²) in [7, 11) is 1.86. The zero-order valence-corrected chi connectivity index (χ0v) is 19.5. The number of ether oxygens (including phenoxy) is 1. The van der Waals surface area contributed by atoms with Gasteiger partial charge in [0.05, 0.1) is 6.61 Å². The summed E-state index contributed by atoms with van der Waals surface area (Å²) >= 11 is 0. The summed E-state index contributed by atoms with van der Waals surface area (Å²) in [4.78, 5) is 25.5. The van der Waals surface area contributed by atoms with Crippen LogP contribution in [0, 0.1) is 0 Å². The third-order valence-electron chi connectivity index (χ3n) is 5.32. The lowest BCUT2D eigenvalue weighted by Gasteiger charge is -2.18. The SMILES string of the molecule is CCCCCCCC(=O)N(C)Cc1cccc(-c2ccc(/C=C(\OCC)C(=O)O)cc2)c1. The Labute approximate surface area is 191 Å². The lowest BCUT2D eigenvalue weighted by molar-refractivity contribution is -0.136. The van der Waals surface area contributed by atoms with E-state index in [2.05, 4.69) is 13.0 Å². The van der Waals surface area contributed by atoms with Crippen LogP contribution in [0.5, 0.6) is 0 Å². The van der Waals surface area contributed by atoms with Crippen molar-refractivity contribution in [3.05, 3.63) is 65.4 Å². The molecule has 0 aliphatic heterocycles. The van der Waals surface area contributed by atoms with Crippen LogP contribution in [0.25, 0.3) is 17.2 Å². The van der Waals surface area contributed by atoms with Crippen LogP contribution in [0.2, 0.25) is 0 Å². The molecule has 0 aliphatic carbocycles. The van der Waals surface area contributed by atoms with Gasteiger partial charge >= 0.3 is 5.97 Å². The number of carbonyl (C=O) groups excluding carboxylic acids is 1. The molecule has 2 rings (SSSR count). The molecule has 0 aliphatic rings. The van der Waals surface area contributed by atoms with Crippen molar-refractivity contribution in [1.82, 2.24) is 4.90 Å². The van der Waals surface area contributed by atoms with Crippen molar-refractivity contribution in [3.63, 3.8) is 0 Å². The maximum Gasteiger partial charge on any atom is 0.371 e. The number of hydrogen-bond acceptors (Lipinski definition) is 3. The molecule has 0 bridgehead atoms. The molecule has 1 N–H and O–H groups in total. The van der Waals surface area contributed by atoms with Gasteiger partial charge in [0.15, 0.2) is 0 Å². The molecule has 1 amide bonds. The Morgan fingerprint density at radius 2 is 1.69 bits per heavy atom. The number of carboxylic acid groups (broad SMARTS) is 1. The third kappa shape index (κ3) is 8.22. The molecule has 5 heteroatoms. The fourth-order valence-corrected chi connectivity index (χ4v) is 3.53. The summed E-state index contributed by atoms with van der Waals surface area (Å²) in [6, 6.07) is 15.8. The first-order chi connectivity index (χ1) is 15.4. The van der Waals surface area contributed by atoms with Crippen LogP contribution in [0.1, 0.15) is 63.5 Å². The molecule has 0 aromatic heterocycles. The van der Waals surface area contributed by atoms with Crippen LogP contribution >= 0.6 is 0 Å². The standard InChI is InChI=1S/C27H35NO4/c1-4-6-7-8-9-13-26(29)28(3)20-22-11-10-12-24(18-22)23-16-14-21(15-17-23)19-25(27(30)31)32-5-2/h10-12,14-19H,4-9,13,20H2,1-3H3,(H,30,31)/b25-19-. The summed E-state index contributed by atoms with van der Waals surface area (Å²) in [6.45, 7) is 4.83. The molecule has 0 saturated carbocycles. The Bertz CT molecular complexity index is 902. The second kappa shape index (κ2) is 13.4. The largest absolute Gasteiger partial charge is 0.487 e. The number of nitrogens with zero attached hydrogens (tertiary/aromatic N) is 1. The van der Waals surface area contributed by atoms with Crippen LogP contribution in [-0.4, -0.2) is 35.5 Å². The maximum absolute atomic E-state index is 12.4. The minimum Gasteiger partial charge on any atom is -0.487 e. The van der Waals surface area contributed by atoms with E-state index in [0.29, 0.717) is 19.6 Å². The van der Waals surface area contributed by atoms with Crippen LogP contribution in [-0.2, 0) is 20.9 Å². The number of benzene rings is 2. The second-order valence-electron chi connectivity index (χ2n) is 7.98. The molecule has 32 heavy (non-hydrogen) atoms. The van der Waals surface area contributed by atoms with Crippen molar-refractivity contribution in [2.45, 2.75) is 58.9 Å². The van der Waals surface area contributed by atoms with Gasteiger partial charge in [0.2, 0.25) is 11.7 Å². The minimum absolute atomic E-state index is 0.0692. The van der Waals surface area contributed by atoms with Crippen molar-refractivity contribution in [3.8, 4) is 11.1 Å². The van der Waals surface area contributed by atoms with E-state index >= 15 is 0 Å². The van der Waals surface area contributed by atoms with E-state index in [-0.39, 0.29) is 11.7 Å². The van der Waals surface area contributed by atoms with Crippen LogP contribution in [0.3, 0.4) is 0 Å². The van der Waals surface area contributed by atoms with Gasteiger partial charge in [0, 0.05) is 20.0 Å². The van der Waals surface area contributed by atoms with Crippen LogP contribution < -0.4 is 0 Å². The normalized spacial score (nSPS) is 11.3. The number of carboxylic acids is 1. The van der Waals surface area contributed by atoms with E-state index in [0.717, 1.165) is 35.1 Å². The number of amides is 1. The molecule has 0 fully saturated rings. The predicted molar refractivity (Wildman–Crippen MR) is 129 cm³/mol. The minimum atomic E-state index is -1.08. The lowest BCUT2D eigenvalue weighted by atomic mass is 10.0. The topological polar surface area (TPSA) is 66.8 Å². The fraction of sp³-hybridized carbons (Fsp3) is 0.407. The molecular formula is C27H35NO4. The summed E-state index contributed by atoms with van der Waals surface area (Å²) in [5, 5.41) is 9.20. The summed E-state index contributed by atoms with van der Waals surface area (Å²) in [5.74, 6) is -0.963. The van der Waals surface area contributed by atoms with E-state index in [4.69, 9.17) is 4.74 Å². The molecule has 172 valence electrons. The monoisotopic (exact) mass is 437 g/mol. The summed E-state index contributed by atoms with van der Waals surface area (Å²) in [6.07, 6.45) is 7.85. The molecule has 2 aromatic rings. The van der Waals surface area contributed by atoms with Gasteiger partial charge in [-0.05, 0) is 47.7 Å². The number of rotatable bonds is 13. The van der Waals surface area contributed by atoms with Gasteiger partial charge in [-0.15, -0.1) is 0 Å². The van der Waals surface area contributed by atoms with Crippen LogP contribution in [0.4, 0.5) is 0 Å². The van der Waals surface area contributed by atoms with Gasteiger partial charge in [0.1, 0.15) is 0 Å². The van der Waals surface area contributed by atoms with Crippen molar-refractivity contribution < 1.29 is 19.4 Å². The Kier molecular flexibility index (Phi) is 10.5. The van der Waals surface area contributed by atoms with E-state index in [1.165, 1.54) is 25.3 Å². The van der Waals surface area contributed by atoms with Crippen LogP contribution in [0.15, 0.2) is 54.3 Å². The highest BCUT2D eigenvalue weighted by molar-refractivity contribution is 5.90. The zero-order chi connectivity index (χ0) is 23.3. The number of carbonyl (C=O) groups is 2. The average Bonchev–Trinajstić information content (AvgIpc) is 2.79. The maximum atomic E-state index is 12.4. The highest BCUT2D eigenvalue weighted by Crippen LogP contribution is 2.23. The molecule has 0 unspecified atom stereocenters. The smallest absolute Gasteiger partial charge is 0.371 e. The molecule has 0 saturated heterocycles. The van der Waals surface area contributed by atoms with Crippen molar-refractivity contribution in [2.24, 2.45) is 0 Å². The molecule has 0 atom stereocenters. The van der Waals surface area contributed by atoms with Crippen molar-refractivity contribution in [1.29, 1.82) is 0 Å². The van der Waals surface area contributed by atoms with Crippen molar-refractivity contribution >= 4 is 18.0 Å². The van der Waals surface area contributed by atoms with Gasteiger partial charge < -0.3 is 14.7 Å². The number of unbranched alkanes of at least 4 members (excludes halogenated alkanes) is 4. The number of hydrogen-bond donors (Lipinski definition) is 1. The first kappa shape index (κ1) is 25.2. The lowest BCUT2D eigenvalue weighted by Crippen LogP contribution is -2.25. The quantitative estimate of drug-likeness (QED) is 0.232. The van der Waals surface area contributed by atoms with E-state index < -0.39 is 5.97 Å². The molecule has 0 heterocycles. The number of aliphatic carboxylic acids is 1. The average molecular weight is 438 g/mol. The highest BCUT2D eigenvalue weighted by Gasteiger charge is 2.10. The molecule has 5 nitrogen and oxygen atoms in total. The van der Waals surface area contributed by atoms with E-state index in [1.54, 1.807) is 11.8 Å². The first-order valence-electron chi connectivity index (χ1n) is 11.5. The Balaban J connectivity index is 2.01. The van der Waals surface area contributed by atoms with E-state index in [9.17, 15) is 14.7 Å². The first-order valence-corrected chi connectivity index (χ1v) is 11.5. The van der Waals surface area contributed by atoms with Crippen molar-refractivity contribution in [2.75, 3.05) is 13.7 Å². The Hall–Kier alpha value is -3.08. The Morgan fingerprint density at radius 3 is 2.34 bits per heavy atom. The zero-order valence-electron chi connectivity index (χ0n) is 19.5. The summed E-state index contributed by atoms with van der Waals surface area (Å²) in [5.41, 5.74) is 3.93. The van der Waals surface area contributed by atoms with Gasteiger partial charge in [0.25, 0.3) is 0 Å². The fourth-order valence-electron chi connectivity index (χ4n) is 3.53. The molecule has 2 aromatic carbocycles. The van der Waals surface area contributed by atoms with Gasteiger partial charge in [-0.2, -0.15) is 0 Å². The highest BCUT2D eigenvalue weighted by atomic mass is 16.5. The van der Waals surface area contributed by atoms with Gasteiger partial charge in [-0.3, -0.25) is 4.79 Å². The Morgan fingerprint density at radius 1 is 0.969 bits per heavy atom. The third-order valence-corrected chi connectivity index (χ3v) is 5.32. The molecular weight excluding hydrogens is 402 g/mol. The molecule has 0 spiro atoms. The van der Waals surface area contributed by atoms with Gasteiger partial charge in [-0.25, -0.2) is 4.79 Å². The van der Waals surface area contributed by atoms with Gasteiger partial charge in [-0.1, -0.05) is 75.1 Å². The van der Waals surface area contributed by atoms with E-state index in [1.807, 2.05) is 49.5 Å². The molecule has 0 radical (unpaired) electrons. The second-order valence-corrected chi connectivity index (χ2v) is 7.98.